The second-order valence-electron chi connectivity index (χ2n) is 9.87. The number of allylic oxidation sites excluding steroid dienone is 2. The number of methoxy groups -OCH3 is 1. The van der Waals surface area contributed by atoms with Crippen molar-refractivity contribution in [1.82, 2.24) is 0 Å². The lowest BCUT2D eigenvalue weighted by molar-refractivity contribution is 0.0909. The largest absolute Gasteiger partial charge is 0.506 e. The van der Waals surface area contributed by atoms with E-state index in [0.717, 1.165) is 46.6 Å². The van der Waals surface area contributed by atoms with Crippen LogP contribution in [0.25, 0.3) is 10.8 Å². The fourth-order valence-electron chi connectivity index (χ4n) is 7.01. The summed E-state index contributed by atoms with van der Waals surface area (Å²) >= 11 is 3.94. The van der Waals surface area contributed by atoms with Gasteiger partial charge in [0.1, 0.15) is 17.2 Å². The topological polar surface area (TPSA) is 55.8 Å². The zero-order chi connectivity index (χ0) is 21.8. The summed E-state index contributed by atoms with van der Waals surface area (Å²) in [5.41, 5.74) is 2.60. The van der Waals surface area contributed by atoms with E-state index in [1.807, 2.05) is 23.5 Å². The SMILES string of the molecule is COc1cc2cc3c(c(O)c2c2c1C1(CC(C)O2)SCCCS1)C(=O)[C@@H]1[C@H]3[C@@H]2C=C[C@H]1C2. The number of carbonyl (C=O) groups excluding carboxylic acids is 1. The van der Waals surface area contributed by atoms with Crippen LogP contribution < -0.4 is 9.47 Å². The number of rotatable bonds is 1. The molecule has 6 heteroatoms. The number of ether oxygens (including phenoxy) is 2. The third-order valence-electron chi connectivity index (χ3n) is 8.15. The van der Waals surface area contributed by atoms with Crippen LogP contribution in [0.3, 0.4) is 0 Å². The van der Waals surface area contributed by atoms with Crippen molar-refractivity contribution in [2.45, 2.75) is 42.3 Å². The molecule has 32 heavy (non-hydrogen) atoms. The first-order chi connectivity index (χ1) is 15.5. The van der Waals surface area contributed by atoms with E-state index in [1.165, 1.54) is 6.42 Å². The quantitative estimate of drug-likeness (QED) is 0.532. The molecule has 1 saturated carbocycles. The Bertz CT molecular complexity index is 1210. The minimum Gasteiger partial charge on any atom is -0.506 e. The van der Waals surface area contributed by atoms with E-state index in [9.17, 15) is 9.90 Å². The highest BCUT2D eigenvalue weighted by Gasteiger charge is 2.55. The van der Waals surface area contributed by atoms with Gasteiger partial charge in [-0.15, -0.1) is 23.5 Å². The molecule has 5 aliphatic rings. The first-order valence-corrected chi connectivity index (χ1v) is 13.6. The van der Waals surface area contributed by atoms with Crippen molar-refractivity contribution in [3.8, 4) is 17.2 Å². The van der Waals surface area contributed by atoms with Gasteiger partial charge in [-0.25, -0.2) is 0 Å². The van der Waals surface area contributed by atoms with Crippen molar-refractivity contribution in [2.24, 2.45) is 17.8 Å². The monoisotopic (exact) mass is 466 g/mol. The number of aromatic hydroxyl groups is 1. The Kier molecular flexibility index (Phi) is 4.07. The van der Waals surface area contributed by atoms with Crippen molar-refractivity contribution in [2.75, 3.05) is 18.6 Å². The van der Waals surface area contributed by atoms with Crippen molar-refractivity contribution in [1.29, 1.82) is 0 Å². The molecular formula is C26H26O4S2. The van der Waals surface area contributed by atoms with Gasteiger partial charge in [-0.2, -0.15) is 0 Å². The van der Waals surface area contributed by atoms with Crippen LogP contribution in [0.1, 0.15) is 53.6 Å². The Labute approximate surface area is 196 Å². The smallest absolute Gasteiger partial charge is 0.171 e. The van der Waals surface area contributed by atoms with Gasteiger partial charge in [0.15, 0.2) is 5.78 Å². The van der Waals surface area contributed by atoms with Crippen LogP contribution in [-0.2, 0) is 4.08 Å². The van der Waals surface area contributed by atoms with Gasteiger partial charge >= 0.3 is 0 Å². The Balaban J connectivity index is 1.52. The van der Waals surface area contributed by atoms with Crippen molar-refractivity contribution in [3.63, 3.8) is 0 Å². The number of phenols is 1. The number of phenolic OH excluding ortho intramolecular Hbond substituents is 1. The molecule has 1 saturated heterocycles. The molecule has 2 heterocycles. The van der Waals surface area contributed by atoms with Gasteiger partial charge in [0.2, 0.25) is 0 Å². The number of fused-ring (bicyclic) bond motifs is 11. The predicted octanol–water partition coefficient (Wildman–Crippen LogP) is 5.85. The van der Waals surface area contributed by atoms with Crippen molar-refractivity contribution < 1.29 is 19.4 Å². The zero-order valence-electron chi connectivity index (χ0n) is 18.2. The first-order valence-electron chi connectivity index (χ1n) is 11.6. The molecule has 0 radical (unpaired) electrons. The highest BCUT2D eigenvalue weighted by molar-refractivity contribution is 8.18. The van der Waals surface area contributed by atoms with Gasteiger partial charge in [-0.05, 0) is 66.2 Å². The molecule has 1 spiro atoms. The number of hydrogen-bond donors (Lipinski definition) is 1. The van der Waals surface area contributed by atoms with Gasteiger partial charge in [0.25, 0.3) is 0 Å². The lowest BCUT2D eigenvalue weighted by atomic mass is 9.83. The Hall–Kier alpha value is -1.79. The minimum atomic E-state index is -0.139. The van der Waals surface area contributed by atoms with Crippen LogP contribution in [0, 0.1) is 17.8 Å². The molecule has 3 aliphatic carbocycles. The Morgan fingerprint density at radius 1 is 1.16 bits per heavy atom. The summed E-state index contributed by atoms with van der Waals surface area (Å²) in [6.45, 7) is 2.11. The molecule has 2 fully saturated rings. The molecule has 0 amide bonds. The number of thioether (sulfide) groups is 2. The summed E-state index contributed by atoms with van der Waals surface area (Å²) in [4.78, 5) is 13.5. The summed E-state index contributed by atoms with van der Waals surface area (Å²) in [6.07, 6.45) is 7.67. The molecule has 2 aromatic rings. The lowest BCUT2D eigenvalue weighted by Crippen LogP contribution is -2.35. The fraction of sp³-hybridized carbons (Fsp3) is 0.500. The Morgan fingerprint density at radius 2 is 1.91 bits per heavy atom. The lowest BCUT2D eigenvalue weighted by Gasteiger charge is -2.43. The van der Waals surface area contributed by atoms with E-state index in [-0.39, 0.29) is 33.6 Å². The molecule has 2 bridgehead atoms. The molecule has 4 nitrogen and oxygen atoms in total. The third-order valence-corrected chi connectivity index (χ3v) is 11.5. The van der Waals surface area contributed by atoms with Crippen LogP contribution >= 0.6 is 23.5 Å². The molecule has 166 valence electrons. The summed E-state index contributed by atoms with van der Waals surface area (Å²) in [5.74, 6) is 4.88. The molecule has 2 aliphatic heterocycles. The average molecular weight is 467 g/mol. The predicted molar refractivity (Wildman–Crippen MR) is 129 cm³/mol. The number of hydrogen-bond acceptors (Lipinski definition) is 6. The number of Topliss-reactive ketones (excluding diaryl/α,β-unsaturated/α-hetero) is 1. The molecule has 5 atom stereocenters. The van der Waals surface area contributed by atoms with E-state index in [0.29, 0.717) is 28.5 Å². The summed E-state index contributed by atoms with van der Waals surface area (Å²) < 4.78 is 12.2. The molecular weight excluding hydrogens is 440 g/mol. The maximum atomic E-state index is 13.5. The van der Waals surface area contributed by atoms with Crippen LogP contribution in [0.2, 0.25) is 0 Å². The zero-order valence-corrected chi connectivity index (χ0v) is 19.9. The summed E-state index contributed by atoms with van der Waals surface area (Å²) in [5, 5.41) is 13.2. The number of benzene rings is 2. The average Bonchev–Trinajstić information content (AvgIpc) is 3.47. The van der Waals surface area contributed by atoms with Gasteiger partial charge < -0.3 is 14.6 Å². The number of ketones is 1. The molecule has 1 N–H and O–H groups in total. The van der Waals surface area contributed by atoms with E-state index in [2.05, 4.69) is 31.2 Å². The molecule has 7 rings (SSSR count). The van der Waals surface area contributed by atoms with Gasteiger partial charge in [0.05, 0.1) is 33.8 Å². The van der Waals surface area contributed by atoms with Gasteiger partial charge in [0, 0.05) is 18.3 Å². The second kappa shape index (κ2) is 6.63. The molecule has 0 aromatic heterocycles. The highest BCUT2D eigenvalue weighted by Crippen LogP contribution is 2.65. The van der Waals surface area contributed by atoms with Crippen LogP contribution in [0.5, 0.6) is 17.2 Å². The van der Waals surface area contributed by atoms with Crippen molar-refractivity contribution >= 4 is 40.1 Å². The fourth-order valence-corrected chi connectivity index (χ4v) is 10.6. The van der Waals surface area contributed by atoms with Crippen molar-refractivity contribution in [3.05, 3.63) is 41.0 Å². The van der Waals surface area contributed by atoms with E-state index in [1.54, 1.807) is 7.11 Å². The van der Waals surface area contributed by atoms with Crippen LogP contribution in [-0.4, -0.2) is 35.6 Å². The third kappa shape index (κ3) is 2.35. The minimum absolute atomic E-state index is 0.0175. The van der Waals surface area contributed by atoms with Gasteiger partial charge in [-0.3, -0.25) is 4.79 Å². The maximum Gasteiger partial charge on any atom is 0.171 e. The standard InChI is InChI=1S/C26H26O4S2/c1-12-11-26(31-6-3-7-32-26)22-17(29-2)10-15-9-16-18-13-4-5-14(8-13)19(18)23(27)21(16)24(28)20(15)25(22)30-12/h4-5,9-10,12-14,18-19,28H,3,6-8,11H2,1-2H3/t12?,13-,14+,18+,19+/m1/s1. The van der Waals surface area contributed by atoms with E-state index in [4.69, 9.17) is 9.47 Å². The van der Waals surface area contributed by atoms with Crippen LogP contribution in [0.4, 0.5) is 0 Å². The summed E-state index contributed by atoms with van der Waals surface area (Å²) in [7, 11) is 1.72. The van der Waals surface area contributed by atoms with Gasteiger partial charge in [-0.1, -0.05) is 12.2 Å². The summed E-state index contributed by atoms with van der Waals surface area (Å²) in [6, 6.07) is 4.20. The Morgan fingerprint density at radius 3 is 2.66 bits per heavy atom. The molecule has 2 aromatic carbocycles. The highest BCUT2D eigenvalue weighted by atomic mass is 32.2. The molecule has 1 unspecified atom stereocenters. The second-order valence-corrected chi connectivity index (χ2v) is 12.9. The van der Waals surface area contributed by atoms with E-state index >= 15 is 0 Å². The van der Waals surface area contributed by atoms with Crippen LogP contribution in [0.15, 0.2) is 24.3 Å². The van der Waals surface area contributed by atoms with E-state index < -0.39 is 0 Å². The first kappa shape index (κ1) is 19.7. The number of carbonyl (C=O) groups is 1. The maximum absolute atomic E-state index is 13.5. The normalized spacial score (nSPS) is 33.3.